The fourth-order valence-electron chi connectivity index (χ4n) is 3.40. The first kappa shape index (κ1) is 21.6. The lowest BCUT2D eigenvalue weighted by Gasteiger charge is -2.44. The van der Waals surface area contributed by atoms with Crippen molar-refractivity contribution in [1.82, 2.24) is 0 Å². The molecule has 0 heterocycles. The number of carbonyl (C=O) groups excluding carboxylic acids is 1. The number of ether oxygens (including phenoxy) is 1. The van der Waals surface area contributed by atoms with E-state index in [0.29, 0.717) is 11.3 Å². The third kappa shape index (κ3) is 5.20. The van der Waals surface area contributed by atoms with Gasteiger partial charge in [-0.3, -0.25) is 4.79 Å². The average Bonchev–Trinajstić information content (AvgIpc) is 2.59. The van der Waals surface area contributed by atoms with Gasteiger partial charge in [0.15, 0.2) is 13.9 Å². The molecule has 0 aliphatic heterocycles. The minimum atomic E-state index is -1.91. The lowest BCUT2D eigenvalue weighted by atomic mass is 9.77. The van der Waals surface area contributed by atoms with Gasteiger partial charge in [0.2, 0.25) is 5.78 Å². The fraction of sp³-hybridized carbons (Fsp3) is 0.522. The van der Waals surface area contributed by atoms with Crippen LogP contribution in [0.4, 0.5) is 0 Å². The zero-order valence-corrected chi connectivity index (χ0v) is 18.9. The molecule has 0 saturated carbocycles. The number of carbonyl (C=O) groups is 1. The Morgan fingerprint density at radius 2 is 1.81 bits per heavy atom. The highest BCUT2D eigenvalue weighted by atomic mass is 28.4. The van der Waals surface area contributed by atoms with Crippen molar-refractivity contribution >= 4 is 19.7 Å². The molecule has 0 fully saturated rings. The van der Waals surface area contributed by atoms with Gasteiger partial charge in [-0.25, -0.2) is 0 Å². The number of benzene rings is 1. The van der Waals surface area contributed by atoms with E-state index in [9.17, 15) is 4.79 Å². The molecule has 1 unspecified atom stereocenters. The highest BCUT2D eigenvalue weighted by Crippen LogP contribution is 2.43. The second-order valence-corrected chi connectivity index (χ2v) is 13.1. The van der Waals surface area contributed by atoms with Crippen LogP contribution in [-0.2, 0) is 14.0 Å². The van der Waals surface area contributed by atoms with Gasteiger partial charge in [0.1, 0.15) is 5.76 Å². The Morgan fingerprint density at radius 3 is 2.33 bits per heavy atom. The Kier molecular flexibility index (Phi) is 6.87. The quantitative estimate of drug-likeness (QED) is 0.479. The number of Topliss-reactive ketones (excluding diaryl/α,β-unsaturated/α-hetero) is 1. The van der Waals surface area contributed by atoms with Crippen LogP contribution in [-0.4, -0.2) is 25.8 Å². The molecule has 0 N–H and O–H groups in total. The van der Waals surface area contributed by atoms with Gasteiger partial charge in [0.05, 0.1) is 11.7 Å². The van der Waals surface area contributed by atoms with Crippen LogP contribution >= 0.6 is 0 Å². The summed E-state index contributed by atoms with van der Waals surface area (Å²) in [6.45, 7) is 14.3. The minimum absolute atomic E-state index is 0.00289. The van der Waals surface area contributed by atoms with Gasteiger partial charge < -0.3 is 9.16 Å². The van der Waals surface area contributed by atoms with Crippen LogP contribution in [0.1, 0.15) is 52.5 Å². The van der Waals surface area contributed by atoms with Crippen LogP contribution in [0.5, 0.6) is 0 Å². The molecule has 3 nitrogen and oxygen atoms in total. The first-order valence-electron chi connectivity index (χ1n) is 10.0. The molecular weight excluding hydrogens is 352 g/mol. The van der Waals surface area contributed by atoms with Crippen LogP contribution in [0.25, 0.3) is 5.57 Å². The van der Waals surface area contributed by atoms with Crippen molar-refractivity contribution in [3.63, 3.8) is 0 Å². The predicted molar refractivity (Wildman–Crippen MR) is 115 cm³/mol. The van der Waals surface area contributed by atoms with E-state index in [-0.39, 0.29) is 11.9 Å². The lowest BCUT2D eigenvalue weighted by molar-refractivity contribution is -0.136. The summed E-state index contributed by atoms with van der Waals surface area (Å²) in [5.74, 6) is 0.723. The molecule has 0 aromatic heterocycles. The molecular formula is C23H34O3Si. The molecule has 0 saturated heterocycles. The summed E-state index contributed by atoms with van der Waals surface area (Å²) < 4.78 is 12.3. The summed E-state index contributed by atoms with van der Waals surface area (Å²) in [5, 5.41) is 0. The molecule has 4 heteroatoms. The van der Waals surface area contributed by atoms with Crippen molar-refractivity contribution in [3.8, 4) is 0 Å². The standard InChI is InChI=1S/C23H34O3Si/c1-8-9-13-19(18-14-11-10-12-15-18)16-20-21(24)23(4,26-27(5,6)7)22(20)25-17(2)3/h10-12,14-17H,8-9,13H2,1-7H3/b19-16+. The highest BCUT2D eigenvalue weighted by Gasteiger charge is 2.54. The molecule has 1 aliphatic carbocycles. The second-order valence-electron chi connectivity index (χ2n) is 8.63. The molecule has 1 aliphatic rings. The third-order valence-electron chi connectivity index (χ3n) is 4.48. The number of hydrogen-bond acceptors (Lipinski definition) is 3. The van der Waals surface area contributed by atoms with Gasteiger partial charge >= 0.3 is 0 Å². The van der Waals surface area contributed by atoms with Crippen LogP contribution in [0, 0.1) is 0 Å². The van der Waals surface area contributed by atoms with Crippen molar-refractivity contribution in [2.75, 3.05) is 0 Å². The monoisotopic (exact) mass is 386 g/mol. The number of ketones is 1. The van der Waals surface area contributed by atoms with Gasteiger partial charge in [-0.2, -0.15) is 0 Å². The zero-order valence-electron chi connectivity index (χ0n) is 17.9. The zero-order chi connectivity index (χ0) is 20.2. The van der Waals surface area contributed by atoms with Crippen LogP contribution in [0.3, 0.4) is 0 Å². The van der Waals surface area contributed by atoms with E-state index in [4.69, 9.17) is 9.16 Å². The SMILES string of the molecule is CCCC/C(=C\C1=C(OC(C)C)C(C)(O[Si](C)(C)C)C1=O)c1ccccc1. The molecule has 0 bridgehead atoms. The minimum Gasteiger partial charge on any atom is -0.491 e. The van der Waals surface area contributed by atoms with E-state index in [2.05, 4.69) is 38.7 Å². The van der Waals surface area contributed by atoms with E-state index < -0.39 is 13.9 Å². The molecule has 27 heavy (non-hydrogen) atoms. The normalized spacial score (nSPS) is 20.9. The third-order valence-corrected chi connectivity index (χ3v) is 5.50. The van der Waals surface area contributed by atoms with E-state index in [1.165, 1.54) is 5.57 Å². The largest absolute Gasteiger partial charge is 0.491 e. The number of unbranched alkanes of at least 4 members (excludes halogenated alkanes) is 1. The maximum absolute atomic E-state index is 13.1. The first-order chi connectivity index (χ1) is 12.6. The summed E-state index contributed by atoms with van der Waals surface area (Å²) in [6, 6.07) is 10.3. The number of allylic oxidation sites excluding steroid dienone is 2. The summed E-state index contributed by atoms with van der Waals surface area (Å²) >= 11 is 0. The Labute approximate surface area is 165 Å². The van der Waals surface area contributed by atoms with Crippen molar-refractivity contribution in [3.05, 3.63) is 53.3 Å². The molecule has 0 spiro atoms. The van der Waals surface area contributed by atoms with Gasteiger partial charge in [-0.05, 0) is 70.5 Å². The molecule has 1 aromatic carbocycles. The van der Waals surface area contributed by atoms with Gasteiger partial charge in [-0.1, -0.05) is 43.7 Å². The van der Waals surface area contributed by atoms with E-state index in [1.807, 2.05) is 45.0 Å². The van der Waals surface area contributed by atoms with Gasteiger partial charge in [0.25, 0.3) is 0 Å². The van der Waals surface area contributed by atoms with Crippen LogP contribution in [0.2, 0.25) is 19.6 Å². The van der Waals surface area contributed by atoms with Crippen LogP contribution < -0.4 is 0 Å². The predicted octanol–water partition coefficient (Wildman–Crippen LogP) is 6.13. The Balaban J connectivity index is 2.49. The first-order valence-corrected chi connectivity index (χ1v) is 13.4. The Hall–Kier alpha value is -1.65. The second kappa shape index (κ2) is 8.57. The van der Waals surface area contributed by atoms with Crippen molar-refractivity contribution < 1.29 is 14.0 Å². The molecule has 1 atom stereocenters. The molecule has 2 rings (SSSR count). The van der Waals surface area contributed by atoms with E-state index in [1.54, 1.807) is 0 Å². The topological polar surface area (TPSA) is 35.5 Å². The molecule has 148 valence electrons. The Morgan fingerprint density at radius 1 is 1.19 bits per heavy atom. The average molecular weight is 387 g/mol. The van der Waals surface area contributed by atoms with Gasteiger partial charge in [0, 0.05) is 0 Å². The molecule has 0 amide bonds. The van der Waals surface area contributed by atoms with Crippen molar-refractivity contribution in [2.24, 2.45) is 0 Å². The summed E-state index contributed by atoms with van der Waals surface area (Å²) in [5.41, 5.74) is 2.06. The summed E-state index contributed by atoms with van der Waals surface area (Å²) in [7, 11) is -1.91. The highest BCUT2D eigenvalue weighted by molar-refractivity contribution is 6.70. The smallest absolute Gasteiger partial charge is 0.204 e. The maximum Gasteiger partial charge on any atom is 0.204 e. The van der Waals surface area contributed by atoms with Crippen molar-refractivity contribution in [1.29, 1.82) is 0 Å². The van der Waals surface area contributed by atoms with E-state index >= 15 is 0 Å². The Bertz CT molecular complexity index is 726. The fourth-order valence-corrected chi connectivity index (χ4v) is 4.81. The number of rotatable bonds is 9. The molecule has 0 radical (unpaired) electrons. The summed E-state index contributed by atoms with van der Waals surface area (Å²) in [6.07, 6.45) is 5.17. The number of hydrogen-bond donors (Lipinski definition) is 0. The van der Waals surface area contributed by atoms with E-state index in [0.717, 1.165) is 24.8 Å². The lowest BCUT2D eigenvalue weighted by Crippen LogP contribution is -2.56. The molecule has 1 aromatic rings. The summed E-state index contributed by atoms with van der Waals surface area (Å²) in [4.78, 5) is 13.1. The van der Waals surface area contributed by atoms with Gasteiger partial charge in [-0.15, -0.1) is 0 Å². The maximum atomic E-state index is 13.1. The van der Waals surface area contributed by atoms with Crippen molar-refractivity contribution in [2.45, 2.75) is 78.3 Å². The van der Waals surface area contributed by atoms with Crippen LogP contribution in [0.15, 0.2) is 47.7 Å².